The highest BCUT2D eigenvalue weighted by molar-refractivity contribution is 5.81. The van der Waals surface area contributed by atoms with Gasteiger partial charge in [-0.15, -0.1) is 0 Å². The number of imidazole rings is 1. The Bertz CT molecular complexity index is 330. The number of hydrogen-bond donors (Lipinski definition) is 2. The van der Waals surface area contributed by atoms with E-state index in [1.54, 1.807) is 17.3 Å². The standard InChI is InChI=1S/C11H18N4O/c1-15(8-10-13-6-7-14-10)11(16)9-4-2-3-5-12-9/h6-7,9,12H,2-5,8H2,1H3,(H,13,14)/t9-/m0/s1. The summed E-state index contributed by atoms with van der Waals surface area (Å²) in [5.41, 5.74) is 0. The second-order valence-corrected chi connectivity index (χ2v) is 4.23. The van der Waals surface area contributed by atoms with Crippen molar-refractivity contribution in [1.29, 1.82) is 0 Å². The maximum absolute atomic E-state index is 12.0. The maximum atomic E-state index is 12.0. The number of nitrogens with zero attached hydrogens (tertiary/aromatic N) is 2. The first-order chi connectivity index (χ1) is 7.77. The fourth-order valence-corrected chi connectivity index (χ4v) is 2.02. The third kappa shape index (κ3) is 2.61. The normalized spacial score (nSPS) is 20.7. The summed E-state index contributed by atoms with van der Waals surface area (Å²) in [6.07, 6.45) is 6.73. The monoisotopic (exact) mass is 222 g/mol. The molecule has 16 heavy (non-hydrogen) atoms. The second-order valence-electron chi connectivity index (χ2n) is 4.23. The molecule has 0 saturated carbocycles. The molecule has 0 bridgehead atoms. The van der Waals surface area contributed by atoms with E-state index in [1.807, 2.05) is 7.05 Å². The lowest BCUT2D eigenvalue weighted by atomic mass is 10.0. The highest BCUT2D eigenvalue weighted by atomic mass is 16.2. The lowest BCUT2D eigenvalue weighted by molar-refractivity contribution is -0.133. The van der Waals surface area contributed by atoms with Crippen molar-refractivity contribution in [3.05, 3.63) is 18.2 Å². The van der Waals surface area contributed by atoms with Gasteiger partial charge in [0, 0.05) is 19.4 Å². The third-order valence-electron chi connectivity index (χ3n) is 2.93. The van der Waals surface area contributed by atoms with Gasteiger partial charge in [0.1, 0.15) is 5.82 Å². The topological polar surface area (TPSA) is 61.0 Å². The average molecular weight is 222 g/mol. The number of H-pyrrole nitrogens is 1. The number of likely N-dealkylation sites (N-methyl/N-ethyl adjacent to an activating group) is 1. The molecule has 1 aliphatic heterocycles. The molecule has 0 spiro atoms. The summed E-state index contributed by atoms with van der Waals surface area (Å²) in [7, 11) is 1.82. The molecule has 0 unspecified atom stereocenters. The van der Waals surface area contributed by atoms with Crippen LogP contribution in [0.5, 0.6) is 0 Å². The number of aromatic amines is 1. The summed E-state index contributed by atoms with van der Waals surface area (Å²) in [4.78, 5) is 20.9. The molecule has 2 rings (SSSR count). The molecule has 1 fully saturated rings. The summed E-state index contributed by atoms with van der Waals surface area (Å²) >= 11 is 0. The SMILES string of the molecule is CN(Cc1ncc[nH]1)C(=O)[C@@H]1CCCCN1. The van der Waals surface area contributed by atoms with Gasteiger partial charge >= 0.3 is 0 Å². The zero-order valence-electron chi connectivity index (χ0n) is 9.57. The molecule has 1 saturated heterocycles. The van der Waals surface area contributed by atoms with Gasteiger partial charge in [-0.25, -0.2) is 4.98 Å². The number of hydrogen-bond acceptors (Lipinski definition) is 3. The van der Waals surface area contributed by atoms with E-state index in [1.165, 1.54) is 6.42 Å². The Hall–Kier alpha value is -1.36. The number of rotatable bonds is 3. The molecule has 1 aromatic heterocycles. The van der Waals surface area contributed by atoms with Gasteiger partial charge in [-0.3, -0.25) is 4.79 Å². The summed E-state index contributed by atoms with van der Waals surface area (Å²) in [5, 5.41) is 3.26. The van der Waals surface area contributed by atoms with Crippen LogP contribution in [0, 0.1) is 0 Å². The number of carbonyl (C=O) groups is 1. The van der Waals surface area contributed by atoms with Crippen molar-refractivity contribution in [3.8, 4) is 0 Å². The van der Waals surface area contributed by atoms with Crippen LogP contribution >= 0.6 is 0 Å². The number of amides is 1. The van der Waals surface area contributed by atoms with E-state index in [2.05, 4.69) is 15.3 Å². The Labute approximate surface area is 95.2 Å². The van der Waals surface area contributed by atoms with Crippen molar-refractivity contribution in [2.45, 2.75) is 31.8 Å². The van der Waals surface area contributed by atoms with Crippen LogP contribution in [0.1, 0.15) is 25.1 Å². The number of nitrogens with one attached hydrogen (secondary N) is 2. The van der Waals surface area contributed by atoms with Crippen molar-refractivity contribution >= 4 is 5.91 Å². The Morgan fingerprint density at radius 2 is 2.50 bits per heavy atom. The largest absolute Gasteiger partial charge is 0.347 e. The van der Waals surface area contributed by atoms with E-state index in [4.69, 9.17) is 0 Å². The van der Waals surface area contributed by atoms with E-state index in [0.29, 0.717) is 6.54 Å². The third-order valence-corrected chi connectivity index (χ3v) is 2.93. The van der Waals surface area contributed by atoms with Crippen molar-refractivity contribution < 1.29 is 4.79 Å². The van der Waals surface area contributed by atoms with Gasteiger partial charge in [0.05, 0.1) is 12.6 Å². The van der Waals surface area contributed by atoms with E-state index < -0.39 is 0 Å². The van der Waals surface area contributed by atoms with Crippen LogP contribution in [-0.2, 0) is 11.3 Å². The molecule has 5 heteroatoms. The van der Waals surface area contributed by atoms with Gasteiger partial charge in [-0.1, -0.05) is 6.42 Å². The average Bonchev–Trinajstić information content (AvgIpc) is 2.82. The smallest absolute Gasteiger partial charge is 0.239 e. The number of piperidine rings is 1. The fourth-order valence-electron chi connectivity index (χ4n) is 2.02. The van der Waals surface area contributed by atoms with Crippen molar-refractivity contribution in [2.75, 3.05) is 13.6 Å². The van der Waals surface area contributed by atoms with Gasteiger partial charge in [0.15, 0.2) is 0 Å². The predicted octanol–water partition coefficient (Wildman–Crippen LogP) is 0.510. The second kappa shape index (κ2) is 5.12. The van der Waals surface area contributed by atoms with E-state index >= 15 is 0 Å². The van der Waals surface area contributed by atoms with Gasteiger partial charge in [-0.2, -0.15) is 0 Å². The van der Waals surface area contributed by atoms with Crippen LogP contribution in [0.2, 0.25) is 0 Å². The molecule has 2 heterocycles. The summed E-state index contributed by atoms with van der Waals surface area (Å²) < 4.78 is 0. The Morgan fingerprint density at radius 3 is 3.12 bits per heavy atom. The van der Waals surface area contributed by atoms with Crippen LogP contribution in [0.15, 0.2) is 12.4 Å². The van der Waals surface area contributed by atoms with Gasteiger partial charge in [0.2, 0.25) is 5.91 Å². The van der Waals surface area contributed by atoms with Crippen LogP contribution in [0.4, 0.5) is 0 Å². The van der Waals surface area contributed by atoms with Crippen LogP contribution in [0.25, 0.3) is 0 Å². The first kappa shape index (κ1) is 11.1. The highest BCUT2D eigenvalue weighted by Crippen LogP contribution is 2.10. The Balaban J connectivity index is 1.88. The van der Waals surface area contributed by atoms with Crippen LogP contribution in [-0.4, -0.2) is 40.4 Å². The van der Waals surface area contributed by atoms with Gasteiger partial charge in [0.25, 0.3) is 0 Å². The van der Waals surface area contributed by atoms with E-state index in [0.717, 1.165) is 25.2 Å². The maximum Gasteiger partial charge on any atom is 0.239 e. The summed E-state index contributed by atoms with van der Waals surface area (Å²) in [6.45, 7) is 1.50. The first-order valence-corrected chi connectivity index (χ1v) is 5.74. The fraction of sp³-hybridized carbons (Fsp3) is 0.636. The molecule has 1 aliphatic rings. The predicted molar refractivity (Wildman–Crippen MR) is 60.7 cm³/mol. The molecular formula is C11H18N4O. The lowest BCUT2D eigenvalue weighted by Crippen LogP contribution is -2.47. The summed E-state index contributed by atoms with van der Waals surface area (Å²) in [5.74, 6) is 0.989. The minimum Gasteiger partial charge on any atom is -0.347 e. The van der Waals surface area contributed by atoms with Crippen molar-refractivity contribution in [2.24, 2.45) is 0 Å². The number of carbonyl (C=O) groups excluding carboxylic acids is 1. The van der Waals surface area contributed by atoms with Gasteiger partial charge < -0.3 is 15.2 Å². The highest BCUT2D eigenvalue weighted by Gasteiger charge is 2.23. The lowest BCUT2D eigenvalue weighted by Gasteiger charge is -2.26. The minimum atomic E-state index is -0.00582. The number of aromatic nitrogens is 2. The van der Waals surface area contributed by atoms with Crippen molar-refractivity contribution in [3.63, 3.8) is 0 Å². The molecule has 1 atom stereocenters. The van der Waals surface area contributed by atoms with Gasteiger partial charge in [-0.05, 0) is 19.4 Å². The van der Waals surface area contributed by atoms with E-state index in [-0.39, 0.29) is 11.9 Å². The van der Waals surface area contributed by atoms with Crippen LogP contribution < -0.4 is 5.32 Å². The Kier molecular flexibility index (Phi) is 3.56. The minimum absolute atomic E-state index is 0.00582. The van der Waals surface area contributed by atoms with E-state index in [9.17, 15) is 4.79 Å². The summed E-state index contributed by atoms with van der Waals surface area (Å²) in [6, 6.07) is -0.00582. The van der Waals surface area contributed by atoms with Crippen molar-refractivity contribution in [1.82, 2.24) is 20.2 Å². The first-order valence-electron chi connectivity index (χ1n) is 5.74. The van der Waals surface area contributed by atoms with Crippen LogP contribution in [0.3, 0.4) is 0 Å². The molecule has 88 valence electrons. The molecule has 2 N–H and O–H groups in total. The zero-order chi connectivity index (χ0) is 11.4. The molecule has 5 nitrogen and oxygen atoms in total. The molecule has 0 aromatic carbocycles. The molecule has 1 amide bonds. The quantitative estimate of drug-likeness (QED) is 0.783. The zero-order valence-corrected chi connectivity index (χ0v) is 9.57. The molecular weight excluding hydrogens is 204 g/mol. The Morgan fingerprint density at radius 1 is 1.62 bits per heavy atom. The molecule has 1 aromatic rings. The molecule has 0 aliphatic carbocycles. The molecule has 0 radical (unpaired) electrons.